The zero-order valence-electron chi connectivity index (χ0n) is 9.65. The summed E-state index contributed by atoms with van der Waals surface area (Å²) in [6.07, 6.45) is 0.0410. The number of fused-ring (bicyclic) bond motifs is 1. The topological polar surface area (TPSA) is 88.6 Å². The first-order chi connectivity index (χ1) is 9.18. The van der Waals surface area contributed by atoms with Crippen LogP contribution in [0.25, 0.3) is 0 Å². The lowest BCUT2D eigenvalue weighted by Gasteiger charge is -2.30. The Balaban J connectivity index is 2.18. The van der Waals surface area contributed by atoms with Crippen molar-refractivity contribution < 1.29 is 14.1 Å². The number of benzene rings is 1. The fourth-order valence-corrected chi connectivity index (χ4v) is 2.06. The van der Waals surface area contributed by atoms with Crippen LogP contribution in [0, 0.1) is 10.1 Å². The first kappa shape index (κ1) is 11.3. The van der Waals surface area contributed by atoms with Gasteiger partial charge in [-0.2, -0.15) is 0 Å². The van der Waals surface area contributed by atoms with E-state index in [0.29, 0.717) is 17.1 Å². The van der Waals surface area contributed by atoms with Crippen molar-refractivity contribution in [3.8, 4) is 0 Å². The lowest BCUT2D eigenvalue weighted by molar-refractivity contribution is -0.524. The largest absolute Gasteiger partial charge is 0.448 e. The highest BCUT2D eigenvalue weighted by Crippen LogP contribution is 2.33. The van der Waals surface area contributed by atoms with E-state index in [2.05, 4.69) is 5.32 Å². The molecule has 96 valence electrons. The van der Waals surface area contributed by atoms with E-state index >= 15 is 0 Å². The summed E-state index contributed by atoms with van der Waals surface area (Å²) in [6.45, 7) is 0. The monoisotopic (exact) mass is 259 g/mol. The number of hydrogen-bond donors (Lipinski definition) is 1. The number of nitro groups is 1. The summed E-state index contributed by atoms with van der Waals surface area (Å²) in [6, 6.07) is 9.90. The van der Waals surface area contributed by atoms with Crippen molar-refractivity contribution in [1.29, 1.82) is 0 Å². The smallest absolute Gasteiger partial charge is 0.375 e. The zero-order valence-corrected chi connectivity index (χ0v) is 9.65. The molecule has 1 aliphatic rings. The van der Waals surface area contributed by atoms with Gasteiger partial charge < -0.3 is 4.42 Å². The second-order valence-corrected chi connectivity index (χ2v) is 3.97. The van der Waals surface area contributed by atoms with E-state index < -0.39 is 17.1 Å². The quantitative estimate of drug-likeness (QED) is 0.655. The number of para-hydroxylation sites is 1. The average molecular weight is 259 g/mol. The van der Waals surface area contributed by atoms with Crippen LogP contribution >= 0.6 is 0 Å². The van der Waals surface area contributed by atoms with Gasteiger partial charge >= 0.3 is 6.29 Å². The summed E-state index contributed by atoms with van der Waals surface area (Å²) >= 11 is 0. The Hall–Kier alpha value is -2.83. The second-order valence-electron chi connectivity index (χ2n) is 3.97. The maximum atomic E-state index is 11.8. The lowest BCUT2D eigenvalue weighted by atomic mass is 10.1. The van der Waals surface area contributed by atoms with Crippen LogP contribution in [0.5, 0.6) is 0 Å². The highest BCUT2D eigenvalue weighted by molar-refractivity contribution is 6.02. The molecule has 1 N–H and O–H groups in total. The van der Waals surface area contributed by atoms with E-state index in [9.17, 15) is 14.9 Å². The van der Waals surface area contributed by atoms with E-state index in [1.807, 2.05) is 0 Å². The van der Waals surface area contributed by atoms with Gasteiger partial charge in [0.05, 0.1) is 22.4 Å². The van der Waals surface area contributed by atoms with E-state index in [1.165, 1.54) is 11.2 Å². The Labute approximate surface area is 107 Å². The molecule has 19 heavy (non-hydrogen) atoms. The van der Waals surface area contributed by atoms with Gasteiger partial charge in [0.2, 0.25) is 5.88 Å². The highest BCUT2D eigenvalue weighted by atomic mass is 16.6. The molecule has 1 aliphatic heterocycles. The summed E-state index contributed by atoms with van der Waals surface area (Å²) in [5.41, 5.74) is 0.819. The molecule has 3 rings (SSSR count). The zero-order chi connectivity index (χ0) is 13.4. The fraction of sp³-hybridized carbons (Fsp3) is 0.0833. The molecule has 1 unspecified atom stereocenters. The van der Waals surface area contributed by atoms with Crippen LogP contribution in [-0.4, -0.2) is 17.1 Å². The number of carbonyl (C=O) groups is 1. The Bertz CT molecular complexity index is 638. The summed E-state index contributed by atoms with van der Waals surface area (Å²) in [5.74, 6) is -0.172. The molecule has 7 nitrogen and oxygen atoms in total. The van der Waals surface area contributed by atoms with Crippen LogP contribution in [-0.2, 0) is 0 Å². The molecular weight excluding hydrogens is 250 g/mol. The van der Waals surface area contributed by atoms with Crippen LogP contribution in [0.1, 0.15) is 10.4 Å². The van der Waals surface area contributed by atoms with Gasteiger partial charge in [-0.25, -0.2) is 4.90 Å². The van der Waals surface area contributed by atoms with Crippen molar-refractivity contribution in [1.82, 2.24) is 5.32 Å². The number of hydrogen-bond acceptors (Lipinski definition) is 5. The van der Waals surface area contributed by atoms with E-state index in [-0.39, 0.29) is 0 Å². The summed E-state index contributed by atoms with van der Waals surface area (Å²) in [5, 5.41) is 13.5. The normalized spacial score (nSPS) is 17.8. The minimum Gasteiger partial charge on any atom is -0.448 e. The Morgan fingerprint density at radius 3 is 2.74 bits per heavy atom. The van der Waals surface area contributed by atoms with E-state index in [0.717, 1.165) is 0 Å². The summed E-state index contributed by atoms with van der Waals surface area (Å²) in [4.78, 5) is 23.7. The molecule has 1 atom stereocenters. The van der Waals surface area contributed by atoms with Crippen LogP contribution in [0.2, 0.25) is 0 Å². The van der Waals surface area contributed by atoms with Gasteiger partial charge in [-0.05, 0) is 18.2 Å². The lowest BCUT2D eigenvalue weighted by Crippen LogP contribution is -2.54. The third-order valence-corrected chi connectivity index (χ3v) is 2.86. The third-order valence-electron chi connectivity index (χ3n) is 2.86. The Morgan fingerprint density at radius 1 is 1.26 bits per heavy atom. The van der Waals surface area contributed by atoms with Crippen LogP contribution in [0.15, 0.2) is 47.1 Å². The van der Waals surface area contributed by atoms with Gasteiger partial charge in [-0.3, -0.25) is 20.2 Å². The molecule has 1 aromatic heterocycles. The SMILES string of the molecule is O=C1NC([N+](=O)[O-])N(c2ccco2)c2ccccc21. The number of nitrogens with one attached hydrogen (secondary N) is 1. The van der Waals surface area contributed by atoms with Crippen molar-refractivity contribution in [2.75, 3.05) is 4.90 Å². The maximum absolute atomic E-state index is 11.8. The highest BCUT2D eigenvalue weighted by Gasteiger charge is 2.40. The third kappa shape index (κ3) is 1.71. The molecule has 0 aliphatic carbocycles. The first-order valence-corrected chi connectivity index (χ1v) is 5.54. The summed E-state index contributed by atoms with van der Waals surface area (Å²) in [7, 11) is 0. The van der Waals surface area contributed by atoms with E-state index in [1.54, 1.807) is 36.4 Å². The number of anilines is 2. The van der Waals surface area contributed by atoms with Crippen molar-refractivity contribution in [2.45, 2.75) is 6.29 Å². The summed E-state index contributed by atoms with van der Waals surface area (Å²) < 4.78 is 5.22. The van der Waals surface area contributed by atoms with Crippen LogP contribution < -0.4 is 10.2 Å². The molecule has 0 fully saturated rings. The number of nitrogens with zero attached hydrogens (tertiary/aromatic N) is 2. The number of rotatable bonds is 2. The maximum Gasteiger partial charge on any atom is 0.375 e. The fourth-order valence-electron chi connectivity index (χ4n) is 2.06. The minimum absolute atomic E-state index is 0.300. The number of carbonyl (C=O) groups excluding carboxylic acids is 1. The standard InChI is InChI=1S/C12H9N3O4/c16-11-8-4-1-2-5-9(8)14(10-6-3-7-19-10)12(13-11)15(17)18/h1-7,12H,(H,13,16). The second kappa shape index (κ2) is 4.13. The van der Waals surface area contributed by atoms with Crippen LogP contribution in [0.4, 0.5) is 11.6 Å². The predicted octanol–water partition coefficient (Wildman–Crippen LogP) is 1.72. The van der Waals surface area contributed by atoms with Crippen molar-refractivity contribution in [2.24, 2.45) is 0 Å². The van der Waals surface area contributed by atoms with E-state index in [4.69, 9.17) is 4.42 Å². The molecule has 0 saturated heterocycles. The Morgan fingerprint density at radius 2 is 2.05 bits per heavy atom. The van der Waals surface area contributed by atoms with Crippen molar-refractivity contribution in [3.05, 3.63) is 58.3 Å². The molecule has 7 heteroatoms. The van der Waals surface area contributed by atoms with Gasteiger partial charge in [0.25, 0.3) is 5.91 Å². The van der Waals surface area contributed by atoms with Gasteiger partial charge in [0.1, 0.15) is 0 Å². The predicted molar refractivity (Wildman–Crippen MR) is 65.5 cm³/mol. The van der Waals surface area contributed by atoms with Gasteiger partial charge in [0, 0.05) is 6.07 Å². The molecule has 1 amide bonds. The molecule has 2 heterocycles. The molecule has 2 aromatic rings. The molecular formula is C12H9N3O4. The first-order valence-electron chi connectivity index (χ1n) is 5.54. The molecule has 1 aromatic carbocycles. The van der Waals surface area contributed by atoms with Crippen molar-refractivity contribution >= 4 is 17.5 Å². The van der Waals surface area contributed by atoms with Gasteiger partial charge in [-0.15, -0.1) is 0 Å². The van der Waals surface area contributed by atoms with Crippen LogP contribution in [0.3, 0.4) is 0 Å². The molecule has 0 bridgehead atoms. The average Bonchev–Trinajstić information content (AvgIpc) is 2.92. The van der Waals surface area contributed by atoms with Gasteiger partial charge in [-0.1, -0.05) is 12.1 Å². The minimum atomic E-state index is -1.38. The molecule has 0 spiro atoms. The number of furan rings is 1. The van der Waals surface area contributed by atoms with Crippen molar-refractivity contribution in [3.63, 3.8) is 0 Å². The Kier molecular flexibility index (Phi) is 2.45. The van der Waals surface area contributed by atoms with Gasteiger partial charge in [0.15, 0.2) is 0 Å². The molecule has 0 saturated carbocycles. The number of amides is 1. The molecule has 0 radical (unpaired) electrons.